The van der Waals surface area contributed by atoms with Crippen molar-refractivity contribution in [2.75, 3.05) is 0 Å². The number of allylic oxidation sites excluding steroid dienone is 4. The van der Waals surface area contributed by atoms with E-state index in [9.17, 15) is 0 Å². The summed E-state index contributed by atoms with van der Waals surface area (Å²) < 4.78 is 4.76. The van der Waals surface area contributed by atoms with E-state index in [-0.39, 0.29) is 0 Å². The molecular weight excluding hydrogens is 681 g/mol. The Bertz CT molecular complexity index is 3140. The second kappa shape index (κ2) is 13.2. The summed E-state index contributed by atoms with van der Waals surface area (Å²) in [5.41, 5.74) is 14.5. The number of hydrogen-bond donors (Lipinski definition) is 0. The third kappa shape index (κ3) is 5.38. The second-order valence-corrected chi connectivity index (χ2v) is 14.5. The second-order valence-electron chi connectivity index (χ2n) is 14.5. The topological polar surface area (TPSA) is 35.6 Å². The first-order chi connectivity index (χ1) is 27.8. The van der Waals surface area contributed by atoms with Crippen molar-refractivity contribution >= 4 is 49.2 Å². The molecule has 1 aliphatic rings. The van der Waals surface area contributed by atoms with Gasteiger partial charge in [0.05, 0.1) is 33.5 Å². The molecule has 3 aromatic heterocycles. The minimum atomic E-state index is 0.727. The van der Waals surface area contributed by atoms with Crippen LogP contribution in [0, 0.1) is 0 Å². The maximum Gasteiger partial charge on any atom is 0.160 e. The van der Waals surface area contributed by atoms with Crippen LogP contribution in [-0.4, -0.2) is 19.1 Å². The Labute approximate surface area is 325 Å². The molecule has 0 aliphatic heterocycles. The Balaban J connectivity index is 1.03. The van der Waals surface area contributed by atoms with Crippen LogP contribution in [0.5, 0.6) is 0 Å². The highest BCUT2D eigenvalue weighted by Crippen LogP contribution is 2.38. The van der Waals surface area contributed by atoms with Crippen LogP contribution in [0.2, 0.25) is 0 Å². The molecule has 0 atom stereocenters. The molecule has 0 spiro atoms. The van der Waals surface area contributed by atoms with Gasteiger partial charge in [0.1, 0.15) is 0 Å². The summed E-state index contributed by atoms with van der Waals surface area (Å²) in [6.45, 7) is 0. The molecule has 4 nitrogen and oxygen atoms in total. The third-order valence-electron chi connectivity index (χ3n) is 11.2. The highest BCUT2D eigenvalue weighted by atomic mass is 15.0. The summed E-state index contributed by atoms with van der Waals surface area (Å²) in [5.74, 6) is 0.727. The summed E-state index contributed by atoms with van der Waals surface area (Å²) in [7, 11) is 0. The summed E-state index contributed by atoms with van der Waals surface area (Å²) in [5, 5.41) is 4.96. The Morgan fingerprint density at radius 2 is 0.929 bits per heavy atom. The lowest BCUT2D eigenvalue weighted by Crippen LogP contribution is -2.00. The number of aromatic nitrogens is 4. The molecule has 0 saturated heterocycles. The predicted octanol–water partition coefficient (Wildman–Crippen LogP) is 13.4. The third-order valence-corrected chi connectivity index (χ3v) is 11.2. The Kier molecular flexibility index (Phi) is 7.59. The lowest BCUT2D eigenvalue weighted by Gasteiger charge is -2.14. The van der Waals surface area contributed by atoms with Crippen LogP contribution in [0.4, 0.5) is 0 Å². The van der Waals surface area contributed by atoms with Crippen molar-refractivity contribution in [1.82, 2.24) is 19.1 Å². The van der Waals surface area contributed by atoms with Crippen molar-refractivity contribution in [1.29, 1.82) is 0 Å². The SMILES string of the molecule is C1=CCCC(c2cc(-c3ccccc3)nc(-c3cccc(-n4c5ccccc5c5cc(-c6cccc(-n7c8ccccc8c8ccccc87)c6)ccc54)c3)n2)=C1. The molecule has 0 saturated carbocycles. The molecule has 0 N–H and O–H groups in total. The number of nitrogens with zero attached hydrogens (tertiary/aromatic N) is 4. The van der Waals surface area contributed by atoms with Gasteiger partial charge in [-0.1, -0.05) is 133 Å². The van der Waals surface area contributed by atoms with Crippen LogP contribution in [0.15, 0.2) is 194 Å². The molecule has 4 heteroatoms. The zero-order chi connectivity index (χ0) is 37.0. The van der Waals surface area contributed by atoms with Gasteiger partial charge < -0.3 is 9.13 Å². The Morgan fingerprint density at radius 3 is 1.59 bits per heavy atom. The van der Waals surface area contributed by atoms with Crippen LogP contribution in [0.25, 0.3) is 94.3 Å². The van der Waals surface area contributed by atoms with Gasteiger partial charge in [0.2, 0.25) is 0 Å². The summed E-state index contributed by atoms with van der Waals surface area (Å²) in [6, 6.07) is 63.1. The van der Waals surface area contributed by atoms with Crippen LogP contribution in [0.1, 0.15) is 18.5 Å². The Morgan fingerprint density at radius 1 is 0.393 bits per heavy atom. The zero-order valence-corrected chi connectivity index (χ0v) is 30.7. The van der Waals surface area contributed by atoms with Gasteiger partial charge in [0.15, 0.2) is 5.82 Å². The molecule has 3 heterocycles. The van der Waals surface area contributed by atoms with Crippen LogP contribution in [-0.2, 0) is 0 Å². The van der Waals surface area contributed by atoms with Crippen LogP contribution >= 0.6 is 0 Å². The van der Waals surface area contributed by atoms with Gasteiger partial charge in [-0.3, -0.25) is 0 Å². The van der Waals surface area contributed by atoms with Gasteiger partial charge in [-0.15, -0.1) is 0 Å². The van der Waals surface area contributed by atoms with E-state index in [4.69, 9.17) is 9.97 Å². The molecule has 0 unspecified atom stereocenters. The fraction of sp³-hybridized carbons (Fsp3) is 0.0385. The number of rotatable bonds is 6. The lowest BCUT2D eigenvalue weighted by atomic mass is 10.00. The van der Waals surface area contributed by atoms with E-state index >= 15 is 0 Å². The fourth-order valence-corrected chi connectivity index (χ4v) is 8.55. The van der Waals surface area contributed by atoms with Gasteiger partial charge in [-0.05, 0) is 90.2 Å². The minimum absolute atomic E-state index is 0.727. The first kappa shape index (κ1) is 32.2. The monoisotopic (exact) mass is 716 g/mol. The molecule has 264 valence electrons. The molecule has 0 fully saturated rings. The molecule has 56 heavy (non-hydrogen) atoms. The normalized spacial score (nSPS) is 12.9. The molecule has 0 amide bonds. The molecule has 11 rings (SSSR count). The molecule has 7 aromatic carbocycles. The number of hydrogen-bond acceptors (Lipinski definition) is 2. The average molecular weight is 717 g/mol. The zero-order valence-electron chi connectivity index (χ0n) is 30.7. The van der Waals surface area contributed by atoms with E-state index in [1.165, 1.54) is 49.3 Å². The average Bonchev–Trinajstić information content (AvgIpc) is 3.80. The van der Waals surface area contributed by atoms with E-state index in [1.807, 2.05) is 6.07 Å². The van der Waals surface area contributed by atoms with Crippen molar-refractivity contribution in [3.05, 3.63) is 200 Å². The molecule has 10 aromatic rings. The summed E-state index contributed by atoms with van der Waals surface area (Å²) >= 11 is 0. The number of para-hydroxylation sites is 3. The number of fused-ring (bicyclic) bond motifs is 6. The molecular formula is C52H36N4. The van der Waals surface area contributed by atoms with Gasteiger partial charge in [-0.2, -0.15) is 0 Å². The highest BCUT2D eigenvalue weighted by molar-refractivity contribution is 6.11. The van der Waals surface area contributed by atoms with E-state index in [0.717, 1.165) is 63.6 Å². The van der Waals surface area contributed by atoms with Crippen LogP contribution < -0.4 is 0 Å². The van der Waals surface area contributed by atoms with Crippen molar-refractivity contribution in [2.24, 2.45) is 0 Å². The highest BCUT2D eigenvalue weighted by Gasteiger charge is 2.17. The quantitative estimate of drug-likeness (QED) is 0.172. The van der Waals surface area contributed by atoms with E-state index in [0.29, 0.717) is 0 Å². The first-order valence-electron chi connectivity index (χ1n) is 19.3. The summed E-state index contributed by atoms with van der Waals surface area (Å²) in [4.78, 5) is 10.3. The van der Waals surface area contributed by atoms with E-state index < -0.39 is 0 Å². The number of benzene rings is 7. The van der Waals surface area contributed by atoms with Gasteiger partial charge >= 0.3 is 0 Å². The fourth-order valence-electron chi connectivity index (χ4n) is 8.55. The minimum Gasteiger partial charge on any atom is -0.309 e. The van der Waals surface area contributed by atoms with Crippen molar-refractivity contribution in [2.45, 2.75) is 12.8 Å². The molecule has 0 radical (unpaired) electrons. The molecule has 1 aliphatic carbocycles. The van der Waals surface area contributed by atoms with Gasteiger partial charge in [-0.25, -0.2) is 9.97 Å². The maximum atomic E-state index is 5.18. The first-order valence-corrected chi connectivity index (χ1v) is 19.3. The van der Waals surface area contributed by atoms with Crippen molar-refractivity contribution in [3.63, 3.8) is 0 Å². The van der Waals surface area contributed by atoms with E-state index in [1.54, 1.807) is 0 Å². The van der Waals surface area contributed by atoms with E-state index in [2.05, 4.69) is 197 Å². The van der Waals surface area contributed by atoms with Gasteiger partial charge in [0, 0.05) is 44.0 Å². The molecule has 0 bridgehead atoms. The lowest BCUT2D eigenvalue weighted by molar-refractivity contribution is 1.03. The predicted molar refractivity (Wildman–Crippen MR) is 233 cm³/mol. The van der Waals surface area contributed by atoms with Crippen molar-refractivity contribution in [3.8, 4) is 45.1 Å². The maximum absolute atomic E-state index is 5.18. The largest absolute Gasteiger partial charge is 0.309 e. The van der Waals surface area contributed by atoms with Gasteiger partial charge in [0.25, 0.3) is 0 Å². The standard InChI is InChI=1S/C52H36N4/c1-3-15-35(16-4-1)46-34-47(36-17-5-2-6-18-36)54-52(53-46)39-20-14-22-41(32-39)56-50-28-12-9-25-44(50)45-33-38(29-30-51(45)56)37-19-13-21-40(31-37)55-48-26-10-7-23-42(48)43-24-8-11-27-49(43)55/h1-5,7-17,19-34H,6,18H2. The smallest absolute Gasteiger partial charge is 0.160 e. The van der Waals surface area contributed by atoms with Crippen LogP contribution in [0.3, 0.4) is 0 Å². The Hall–Kier alpha value is -7.30. The summed E-state index contributed by atoms with van der Waals surface area (Å²) in [6.07, 6.45) is 8.53. The van der Waals surface area contributed by atoms with Crippen molar-refractivity contribution < 1.29 is 0 Å².